The Morgan fingerprint density at radius 3 is 2.79 bits per heavy atom. The summed E-state index contributed by atoms with van der Waals surface area (Å²) in [6, 6.07) is 8.34. The molecule has 6 heteroatoms. The average Bonchev–Trinajstić information content (AvgIpc) is 2.97. The molecule has 1 aromatic heterocycles. The fraction of sp³-hybridized carbons (Fsp3) is 0.0556. The van der Waals surface area contributed by atoms with Crippen LogP contribution in [-0.2, 0) is 7.05 Å². The van der Waals surface area contributed by atoms with Gasteiger partial charge in [0.2, 0.25) is 5.78 Å². The van der Waals surface area contributed by atoms with Gasteiger partial charge in [0.25, 0.3) is 0 Å². The van der Waals surface area contributed by atoms with Crippen molar-refractivity contribution in [3.8, 4) is 17.2 Å². The minimum absolute atomic E-state index is 0.0699. The number of phenols is 2. The molecule has 0 amide bonds. The van der Waals surface area contributed by atoms with Crippen molar-refractivity contribution in [1.82, 2.24) is 4.57 Å². The van der Waals surface area contributed by atoms with Crippen molar-refractivity contribution in [2.45, 2.75) is 0 Å². The van der Waals surface area contributed by atoms with Gasteiger partial charge in [-0.05, 0) is 24.3 Å². The van der Waals surface area contributed by atoms with Gasteiger partial charge in [0.05, 0.1) is 0 Å². The summed E-state index contributed by atoms with van der Waals surface area (Å²) >= 11 is 3.45. The second-order valence-corrected chi connectivity index (χ2v) is 6.55. The first kappa shape index (κ1) is 14.8. The third-order valence-corrected chi connectivity index (χ3v) is 4.50. The largest absolute Gasteiger partial charge is 0.508 e. The number of Topliss-reactive ketones (excluding diaryl/α,β-unsaturated/α-hetero) is 1. The van der Waals surface area contributed by atoms with E-state index in [4.69, 9.17) is 4.74 Å². The zero-order chi connectivity index (χ0) is 17.0. The van der Waals surface area contributed by atoms with Crippen molar-refractivity contribution in [2.75, 3.05) is 0 Å². The number of ketones is 1. The van der Waals surface area contributed by atoms with E-state index >= 15 is 0 Å². The summed E-state index contributed by atoms with van der Waals surface area (Å²) in [6.45, 7) is 0. The molecule has 0 atom stereocenters. The predicted molar refractivity (Wildman–Crippen MR) is 93.3 cm³/mol. The molecule has 2 N–H and O–H groups in total. The van der Waals surface area contributed by atoms with E-state index in [2.05, 4.69) is 15.9 Å². The van der Waals surface area contributed by atoms with Gasteiger partial charge in [0.1, 0.15) is 22.8 Å². The highest BCUT2D eigenvalue weighted by Gasteiger charge is 2.31. The van der Waals surface area contributed by atoms with E-state index in [1.54, 1.807) is 6.08 Å². The molecule has 0 aliphatic carbocycles. The number of benzene rings is 2. The number of ether oxygens (including phenoxy) is 1. The van der Waals surface area contributed by atoms with Gasteiger partial charge in [0, 0.05) is 46.3 Å². The van der Waals surface area contributed by atoms with Gasteiger partial charge in [-0.15, -0.1) is 0 Å². The Labute approximate surface area is 145 Å². The molecule has 0 saturated carbocycles. The van der Waals surface area contributed by atoms with Crippen LogP contribution in [0.25, 0.3) is 17.0 Å². The van der Waals surface area contributed by atoms with E-state index in [0.717, 1.165) is 27.0 Å². The summed E-state index contributed by atoms with van der Waals surface area (Å²) < 4.78 is 8.44. The standard InChI is InChI=1S/C18H12BrNO4/c1-20-8-9(12-5-10(19)2-3-13(12)20)4-16-18(23)17-14(22)6-11(21)7-15(17)24-16/h2-8,21-22H,1H3/b16-4+. The third kappa shape index (κ3) is 2.18. The molecule has 120 valence electrons. The molecule has 5 nitrogen and oxygen atoms in total. The molecule has 1 aliphatic heterocycles. The molecular formula is C18H12BrNO4. The Hall–Kier alpha value is -2.73. The SMILES string of the molecule is Cn1cc(/C=C2/Oc3cc(O)cc(O)c3C2=O)c2cc(Br)ccc21. The van der Waals surface area contributed by atoms with Crippen LogP contribution in [0.15, 0.2) is 46.8 Å². The highest BCUT2D eigenvalue weighted by atomic mass is 79.9. The number of allylic oxidation sites excluding steroid dienone is 1. The van der Waals surface area contributed by atoms with Gasteiger partial charge < -0.3 is 19.5 Å². The number of hydrogen-bond acceptors (Lipinski definition) is 4. The Bertz CT molecular complexity index is 1050. The number of phenolic OH excluding ortho intramolecular Hbond substituents is 2. The first-order valence-corrected chi connectivity index (χ1v) is 7.98. The molecule has 4 rings (SSSR count). The molecule has 0 radical (unpaired) electrons. The van der Waals surface area contributed by atoms with Crippen molar-refractivity contribution in [3.05, 3.63) is 57.9 Å². The Kier molecular flexibility index (Phi) is 3.18. The summed E-state index contributed by atoms with van der Waals surface area (Å²) in [4.78, 5) is 12.5. The smallest absolute Gasteiger partial charge is 0.235 e. The lowest BCUT2D eigenvalue weighted by Crippen LogP contribution is -1.98. The van der Waals surface area contributed by atoms with Crippen molar-refractivity contribution < 1.29 is 19.7 Å². The molecule has 0 spiro atoms. The molecule has 3 aromatic rings. The maximum atomic E-state index is 12.5. The maximum absolute atomic E-state index is 12.5. The van der Waals surface area contributed by atoms with Crippen molar-refractivity contribution in [1.29, 1.82) is 0 Å². The molecule has 0 bridgehead atoms. The van der Waals surface area contributed by atoms with Gasteiger partial charge in [-0.25, -0.2) is 0 Å². The number of aromatic hydroxyl groups is 2. The van der Waals surface area contributed by atoms with Crippen LogP contribution in [0.3, 0.4) is 0 Å². The number of nitrogens with zero attached hydrogens (tertiary/aromatic N) is 1. The van der Waals surface area contributed by atoms with Gasteiger partial charge >= 0.3 is 0 Å². The van der Waals surface area contributed by atoms with Gasteiger partial charge in [0.15, 0.2) is 5.76 Å². The van der Waals surface area contributed by atoms with E-state index in [9.17, 15) is 15.0 Å². The molecule has 1 aliphatic rings. The van der Waals surface area contributed by atoms with E-state index in [1.165, 1.54) is 6.07 Å². The van der Waals surface area contributed by atoms with Crippen molar-refractivity contribution in [2.24, 2.45) is 7.05 Å². The first-order valence-electron chi connectivity index (χ1n) is 7.19. The number of halogens is 1. The number of carbonyl (C=O) groups is 1. The number of hydrogen-bond donors (Lipinski definition) is 2. The average molecular weight is 386 g/mol. The fourth-order valence-electron chi connectivity index (χ4n) is 2.93. The van der Waals surface area contributed by atoms with E-state index in [-0.39, 0.29) is 28.6 Å². The normalized spacial score (nSPS) is 15.1. The highest BCUT2D eigenvalue weighted by Crippen LogP contribution is 2.41. The summed E-state index contributed by atoms with van der Waals surface area (Å²) in [5, 5.41) is 20.4. The van der Waals surface area contributed by atoms with E-state index < -0.39 is 5.78 Å². The summed E-state index contributed by atoms with van der Waals surface area (Å²) in [6.07, 6.45) is 3.55. The van der Waals surface area contributed by atoms with Gasteiger partial charge in [-0.1, -0.05) is 15.9 Å². The predicted octanol–water partition coefficient (Wildman–Crippen LogP) is 3.97. The molecular weight excluding hydrogens is 374 g/mol. The minimum atomic E-state index is -0.408. The lowest BCUT2D eigenvalue weighted by molar-refractivity contribution is 0.101. The molecule has 24 heavy (non-hydrogen) atoms. The maximum Gasteiger partial charge on any atom is 0.235 e. The van der Waals surface area contributed by atoms with Crippen LogP contribution in [0.2, 0.25) is 0 Å². The van der Waals surface area contributed by atoms with Gasteiger partial charge in [-0.3, -0.25) is 4.79 Å². The Balaban J connectivity index is 1.85. The summed E-state index contributed by atoms with van der Waals surface area (Å²) in [5.74, 6) is -0.591. The lowest BCUT2D eigenvalue weighted by Gasteiger charge is -2.00. The quantitative estimate of drug-likeness (QED) is 0.621. The molecule has 0 saturated heterocycles. The summed E-state index contributed by atoms with van der Waals surface area (Å²) in [7, 11) is 1.92. The molecule has 2 heterocycles. The van der Waals surface area contributed by atoms with Crippen LogP contribution in [-0.4, -0.2) is 20.6 Å². The van der Waals surface area contributed by atoms with Crippen LogP contribution in [0.5, 0.6) is 17.2 Å². The Morgan fingerprint density at radius 1 is 1.21 bits per heavy atom. The second kappa shape index (κ2) is 5.14. The molecule has 0 unspecified atom stereocenters. The number of aryl methyl sites for hydroxylation is 1. The van der Waals surface area contributed by atoms with E-state index in [1.807, 2.05) is 36.0 Å². The number of carbonyl (C=O) groups excluding carboxylic acids is 1. The molecule has 0 fully saturated rings. The monoisotopic (exact) mass is 385 g/mol. The zero-order valence-corrected chi connectivity index (χ0v) is 14.2. The fourth-order valence-corrected chi connectivity index (χ4v) is 3.29. The van der Waals surface area contributed by atoms with Crippen LogP contribution >= 0.6 is 15.9 Å². The van der Waals surface area contributed by atoms with Crippen LogP contribution in [0.4, 0.5) is 0 Å². The topological polar surface area (TPSA) is 71.7 Å². The summed E-state index contributed by atoms with van der Waals surface area (Å²) in [5.41, 5.74) is 1.92. The highest BCUT2D eigenvalue weighted by molar-refractivity contribution is 9.10. The van der Waals surface area contributed by atoms with Crippen molar-refractivity contribution in [3.63, 3.8) is 0 Å². The number of fused-ring (bicyclic) bond motifs is 2. The number of rotatable bonds is 1. The second-order valence-electron chi connectivity index (χ2n) is 5.63. The molecule has 2 aromatic carbocycles. The Morgan fingerprint density at radius 2 is 2.00 bits per heavy atom. The lowest BCUT2D eigenvalue weighted by atomic mass is 10.1. The van der Waals surface area contributed by atoms with Crippen LogP contribution < -0.4 is 4.74 Å². The minimum Gasteiger partial charge on any atom is -0.508 e. The van der Waals surface area contributed by atoms with Crippen molar-refractivity contribution >= 4 is 38.7 Å². The van der Waals surface area contributed by atoms with Gasteiger partial charge in [-0.2, -0.15) is 0 Å². The van der Waals surface area contributed by atoms with E-state index in [0.29, 0.717) is 0 Å². The first-order chi connectivity index (χ1) is 11.4. The van der Waals surface area contributed by atoms with Crippen LogP contribution in [0, 0.1) is 0 Å². The number of aromatic nitrogens is 1. The van der Waals surface area contributed by atoms with Crippen LogP contribution in [0.1, 0.15) is 15.9 Å². The third-order valence-electron chi connectivity index (χ3n) is 4.01. The zero-order valence-electron chi connectivity index (χ0n) is 12.6.